The van der Waals surface area contributed by atoms with E-state index in [1.165, 1.54) is 128 Å². The zero-order valence-electron chi connectivity index (χ0n) is 33.7. The molecule has 0 aromatic heterocycles. The van der Waals surface area contributed by atoms with E-state index in [4.69, 9.17) is 0 Å². The Morgan fingerprint density at radius 1 is 0.630 bits per heavy atom. The van der Waals surface area contributed by atoms with Gasteiger partial charge < -0.3 is 27.7 Å². The molecule has 0 aromatic rings. The maximum absolute atomic E-state index is 4.17. The fourth-order valence-corrected chi connectivity index (χ4v) is 6.38. The van der Waals surface area contributed by atoms with Gasteiger partial charge in [0.05, 0.1) is 16.9 Å². The van der Waals surface area contributed by atoms with Crippen molar-refractivity contribution in [2.24, 2.45) is 11.8 Å². The van der Waals surface area contributed by atoms with Gasteiger partial charge in [-0.15, -0.1) is 32.0 Å². The summed E-state index contributed by atoms with van der Waals surface area (Å²) in [5.74, 6) is 1.37. The number of hydrogen-bond acceptors (Lipinski definition) is 0. The van der Waals surface area contributed by atoms with Crippen molar-refractivity contribution in [2.45, 2.75) is 182 Å². The molecule has 266 valence electrons. The van der Waals surface area contributed by atoms with Crippen molar-refractivity contribution in [3.8, 4) is 0 Å². The molecule has 0 aliphatic heterocycles. The van der Waals surface area contributed by atoms with Crippen LogP contribution in [0.3, 0.4) is 0 Å². The number of hydrogen-bond donors (Lipinski definition) is 0. The first kappa shape index (κ1) is 61.8. The third-order valence-corrected chi connectivity index (χ3v) is 12.8. The van der Waals surface area contributed by atoms with Crippen molar-refractivity contribution >= 4 is 16.9 Å². The first-order chi connectivity index (χ1) is 21.0. The van der Waals surface area contributed by atoms with Crippen LogP contribution in [0.2, 0.25) is 32.2 Å². The Hall–Kier alpha value is 0.641. The van der Waals surface area contributed by atoms with Crippen LogP contribution in [0.15, 0.2) is 49.4 Å². The van der Waals surface area contributed by atoms with Crippen molar-refractivity contribution in [2.75, 3.05) is 0 Å². The van der Waals surface area contributed by atoms with Crippen LogP contribution >= 0.6 is 0 Å². The molecule has 0 saturated carbocycles. The Bertz CT molecular complexity index is 572. The third kappa shape index (κ3) is 60.0. The van der Waals surface area contributed by atoms with E-state index in [-0.39, 0.29) is 39.0 Å². The topological polar surface area (TPSA) is 0 Å². The Balaban J connectivity index is -0.0000000924. The van der Waals surface area contributed by atoms with Gasteiger partial charge in [0, 0.05) is 0 Å². The first-order valence-electron chi connectivity index (χ1n) is 18.6. The molecule has 0 bridgehead atoms. The Kier molecular flexibility index (Phi) is 70.5. The van der Waals surface area contributed by atoms with Gasteiger partial charge in [-0.25, -0.2) is 0 Å². The molecule has 0 amide bonds. The fraction of sp³-hybridized carbons (Fsp3) is 0.714. The minimum absolute atomic E-state index is 0. The normalized spacial score (nSPS) is 11.1. The molecule has 0 radical (unpaired) electrons. The molecule has 0 heterocycles. The summed E-state index contributed by atoms with van der Waals surface area (Å²) >= 11 is 0. The summed E-state index contributed by atoms with van der Waals surface area (Å²) in [6, 6.07) is 1.41. The maximum atomic E-state index is 4.17. The summed E-state index contributed by atoms with van der Waals surface area (Å²) in [7, 11) is -1.55. The largest absolute Gasteiger partial charge is 2.00 e. The predicted octanol–water partition coefficient (Wildman–Crippen LogP) is 15.4. The quantitative estimate of drug-likeness (QED) is 0.0375. The Morgan fingerprint density at radius 3 is 1.30 bits per heavy atom. The van der Waals surface area contributed by atoms with E-state index >= 15 is 0 Å². The van der Waals surface area contributed by atoms with Gasteiger partial charge >= 0.3 is 39.0 Å². The Morgan fingerprint density at radius 2 is 0.978 bits per heavy atom. The van der Waals surface area contributed by atoms with Crippen LogP contribution in [0, 0.1) is 39.5 Å². The van der Waals surface area contributed by atoms with Crippen molar-refractivity contribution < 1.29 is 39.0 Å². The molecule has 46 heavy (non-hydrogen) atoms. The van der Waals surface area contributed by atoms with E-state index in [1.807, 2.05) is 12.2 Å². The van der Waals surface area contributed by atoms with Crippen LogP contribution in [0.25, 0.3) is 0 Å². The maximum Gasteiger partial charge on any atom is 2.00 e. The molecule has 2 atom stereocenters. The minimum Gasteiger partial charge on any atom is -0.346 e. The summed E-state index contributed by atoms with van der Waals surface area (Å²) in [5, 5.41) is 1.55. The summed E-state index contributed by atoms with van der Waals surface area (Å²) < 4.78 is 0. The van der Waals surface area contributed by atoms with Crippen LogP contribution in [-0.4, -0.2) is 16.9 Å². The fourth-order valence-electron chi connectivity index (χ4n) is 4.24. The van der Waals surface area contributed by atoms with Gasteiger partial charge in [0.1, 0.15) is 0 Å². The van der Waals surface area contributed by atoms with Gasteiger partial charge in [0.25, 0.3) is 0 Å². The van der Waals surface area contributed by atoms with E-state index in [2.05, 4.69) is 99.7 Å². The molecule has 0 fully saturated rings. The second-order valence-corrected chi connectivity index (χ2v) is 21.0. The number of rotatable bonds is 25. The predicted molar refractivity (Wildman–Crippen MR) is 220 cm³/mol. The molecule has 0 spiro atoms. The van der Waals surface area contributed by atoms with Gasteiger partial charge in [-0.3, -0.25) is 0 Å². The second kappa shape index (κ2) is 52.5. The standard InChI is InChI=1S/C14H29Si.C12H24Si.C12H23.2C2H5.2Zn/c1-6-13(2)11-9-7-8-10-12-14(3)15(4)5;1-5-7-8-9-10-11-12-13(3,4)6-2;1-4-6-7-8-9-10-11-12(3)5-2;2*1-2;;/h13,15H,2-3,6-12H2,1,4-5H3;5-6H,1-2,7-12H2,3-4H3;4,12H,1,3,5-11H2,2H3;2*1H2,2H3;;/q-1;;3*-1;2*+2. The summed E-state index contributed by atoms with van der Waals surface area (Å²) in [6.45, 7) is 47.7. The van der Waals surface area contributed by atoms with E-state index < -0.39 is 16.9 Å². The smallest absolute Gasteiger partial charge is 0.346 e. The molecular formula is C42H86Si2Zn2. The van der Waals surface area contributed by atoms with Crippen LogP contribution in [0.4, 0.5) is 0 Å². The van der Waals surface area contributed by atoms with Crippen LogP contribution in [0.5, 0.6) is 0 Å². The van der Waals surface area contributed by atoms with Gasteiger partial charge in [0.2, 0.25) is 0 Å². The molecule has 0 saturated heterocycles. The molecule has 0 aliphatic rings. The van der Waals surface area contributed by atoms with E-state index in [0.717, 1.165) is 0 Å². The molecule has 0 aromatic carbocycles. The van der Waals surface area contributed by atoms with Crippen molar-refractivity contribution in [3.63, 3.8) is 0 Å². The second-order valence-electron chi connectivity index (χ2n) is 13.0. The molecule has 4 heteroatoms. The first-order valence-corrected chi connectivity index (χ1v) is 24.8. The van der Waals surface area contributed by atoms with E-state index in [9.17, 15) is 0 Å². The van der Waals surface area contributed by atoms with Crippen molar-refractivity contribution in [1.29, 1.82) is 0 Å². The number of allylic oxidation sites excluding steroid dienone is 3. The van der Waals surface area contributed by atoms with E-state index in [1.54, 1.807) is 19.0 Å². The molecule has 0 aliphatic carbocycles. The summed E-state index contributed by atoms with van der Waals surface area (Å²) in [4.78, 5) is 0. The summed E-state index contributed by atoms with van der Waals surface area (Å²) in [5.41, 5.74) is 2.21. The molecule has 2 unspecified atom stereocenters. The average Bonchev–Trinajstić information content (AvgIpc) is 3.04. The SMILES string of the molecule is C=C(CCCCCCC([CH2-])CC)[SiH](C)C.C=CCCCCCCC([CH2-])CC.C=CCCCCCC[Si](C)(C)C=C.[CH2-]C.[CH2-]C.[Zn+2].[Zn+2]. The zero-order valence-corrected chi connectivity index (χ0v) is 41.8. The van der Waals surface area contributed by atoms with E-state index in [0.29, 0.717) is 11.8 Å². The third-order valence-electron chi connectivity index (χ3n) is 8.13. The monoisotopic (exact) mass is 774 g/mol. The van der Waals surface area contributed by atoms with Crippen molar-refractivity contribution in [1.82, 2.24) is 0 Å². The summed E-state index contributed by atoms with van der Waals surface area (Å²) in [6.07, 6.45) is 29.1. The van der Waals surface area contributed by atoms with Crippen LogP contribution in [0.1, 0.15) is 150 Å². The average molecular weight is 778 g/mol. The Labute approximate surface area is 324 Å². The zero-order chi connectivity index (χ0) is 35.1. The van der Waals surface area contributed by atoms with Gasteiger partial charge in [-0.2, -0.15) is 25.7 Å². The van der Waals surface area contributed by atoms with Crippen LogP contribution in [-0.2, 0) is 39.0 Å². The van der Waals surface area contributed by atoms with Crippen molar-refractivity contribution in [3.05, 3.63) is 77.1 Å². The van der Waals surface area contributed by atoms with Crippen LogP contribution < -0.4 is 0 Å². The molecule has 0 rings (SSSR count). The number of unbranched alkanes of at least 4 members (excludes halogenated alkanes) is 11. The van der Waals surface area contributed by atoms with Gasteiger partial charge in [0.15, 0.2) is 0 Å². The van der Waals surface area contributed by atoms with Gasteiger partial charge in [-0.1, -0.05) is 147 Å². The molecule has 0 nitrogen and oxygen atoms in total. The molecular weight excluding hydrogens is 691 g/mol. The minimum atomic E-state index is -1.00. The molecule has 0 N–H and O–H groups in total. The van der Waals surface area contributed by atoms with Gasteiger partial charge in [-0.05, 0) is 38.5 Å².